The van der Waals surface area contributed by atoms with Gasteiger partial charge < -0.3 is 9.64 Å². The summed E-state index contributed by atoms with van der Waals surface area (Å²) in [6, 6.07) is 0.309. The Kier molecular flexibility index (Phi) is 7.14. The van der Waals surface area contributed by atoms with E-state index in [1.54, 1.807) is 0 Å². The minimum absolute atomic E-state index is 0.111. The molecule has 0 aliphatic carbocycles. The summed E-state index contributed by atoms with van der Waals surface area (Å²) in [5.41, 5.74) is 0. The molecule has 0 aromatic carbocycles. The number of hydrogen-bond donors (Lipinski definition) is 0. The van der Waals surface area contributed by atoms with Crippen LogP contribution in [0, 0.1) is 5.92 Å². The molecule has 1 amide bonds. The van der Waals surface area contributed by atoms with Gasteiger partial charge in [-0.3, -0.25) is 0 Å². The lowest BCUT2D eigenvalue weighted by atomic mass is 9.94. The topological polar surface area (TPSA) is 29.5 Å². The van der Waals surface area contributed by atoms with Crippen molar-refractivity contribution in [2.24, 2.45) is 5.92 Å². The molecule has 106 valence electrons. The summed E-state index contributed by atoms with van der Waals surface area (Å²) in [4.78, 5) is 13.5. The van der Waals surface area contributed by atoms with Crippen molar-refractivity contribution in [2.45, 2.75) is 71.8 Å². The Bertz CT molecular complexity index is 243. The van der Waals surface area contributed by atoms with Gasteiger partial charge in [0.1, 0.15) is 6.61 Å². The molecule has 3 heteroatoms. The average Bonchev–Trinajstić information content (AvgIpc) is 2.71. The van der Waals surface area contributed by atoms with E-state index in [-0.39, 0.29) is 6.09 Å². The molecule has 1 saturated heterocycles. The number of nitrogens with zero attached hydrogens (tertiary/aromatic N) is 1. The van der Waals surface area contributed by atoms with Crippen LogP contribution in [0.15, 0.2) is 0 Å². The highest BCUT2D eigenvalue weighted by Crippen LogP contribution is 2.24. The Balaban J connectivity index is 2.27. The van der Waals surface area contributed by atoms with Crippen LogP contribution in [-0.4, -0.2) is 30.2 Å². The molecule has 0 spiro atoms. The molecule has 18 heavy (non-hydrogen) atoms. The maximum absolute atomic E-state index is 11.6. The van der Waals surface area contributed by atoms with E-state index in [0.29, 0.717) is 18.6 Å². The molecule has 0 saturated carbocycles. The molecule has 0 radical (unpaired) electrons. The van der Waals surface area contributed by atoms with E-state index in [1.807, 2.05) is 4.90 Å². The summed E-state index contributed by atoms with van der Waals surface area (Å²) < 4.78 is 5.18. The zero-order valence-corrected chi connectivity index (χ0v) is 12.3. The molecule has 1 rings (SSSR count). The van der Waals surface area contributed by atoms with E-state index in [0.717, 1.165) is 13.0 Å². The lowest BCUT2D eigenvalue weighted by molar-refractivity contribution is 0.156. The fraction of sp³-hybridized carbons (Fsp3) is 0.933. The number of amides is 1. The third-order valence-corrected chi connectivity index (χ3v) is 3.90. The normalized spacial score (nSPS) is 21.2. The maximum atomic E-state index is 11.6. The van der Waals surface area contributed by atoms with Crippen LogP contribution >= 0.6 is 0 Å². The molecule has 1 heterocycles. The predicted octanol–water partition coefficient (Wildman–Crippen LogP) is 4.21. The Hall–Kier alpha value is -0.730. The molecule has 1 aliphatic rings. The summed E-state index contributed by atoms with van der Waals surface area (Å²) in [5, 5.41) is 0. The van der Waals surface area contributed by atoms with Crippen molar-refractivity contribution in [3.63, 3.8) is 0 Å². The van der Waals surface area contributed by atoms with E-state index in [2.05, 4.69) is 20.8 Å². The zero-order chi connectivity index (χ0) is 13.4. The number of hydrogen-bond acceptors (Lipinski definition) is 2. The van der Waals surface area contributed by atoms with Gasteiger partial charge in [0.25, 0.3) is 0 Å². The van der Waals surface area contributed by atoms with Crippen LogP contribution in [0.5, 0.6) is 0 Å². The lowest BCUT2D eigenvalue weighted by Gasteiger charge is -2.26. The largest absolute Gasteiger partial charge is 0.447 e. The summed E-state index contributed by atoms with van der Waals surface area (Å²) in [6.45, 7) is 8.04. The average molecular weight is 255 g/mol. The molecule has 0 aromatic rings. The van der Waals surface area contributed by atoms with E-state index in [9.17, 15) is 4.79 Å². The van der Waals surface area contributed by atoms with Gasteiger partial charge >= 0.3 is 6.09 Å². The van der Waals surface area contributed by atoms with Crippen molar-refractivity contribution < 1.29 is 9.53 Å². The van der Waals surface area contributed by atoms with Gasteiger partial charge in [0, 0.05) is 6.54 Å². The standard InChI is InChI=1S/C15H29NO2/c1-4-6-7-8-9-10-13(3)14-12-18-15(17)16(14)11-5-2/h13-14H,4-12H2,1-3H3. The number of unbranched alkanes of at least 4 members (excludes halogenated alkanes) is 4. The van der Waals surface area contributed by atoms with Crippen LogP contribution in [-0.2, 0) is 4.74 Å². The number of carbonyl (C=O) groups is 1. The van der Waals surface area contributed by atoms with E-state index in [4.69, 9.17) is 4.74 Å². The summed E-state index contributed by atoms with van der Waals surface area (Å²) in [5.74, 6) is 0.560. The highest BCUT2D eigenvalue weighted by Gasteiger charge is 2.35. The molecule has 1 fully saturated rings. The summed E-state index contributed by atoms with van der Waals surface area (Å²) in [6.07, 6.45) is 8.72. The molecular weight excluding hydrogens is 226 g/mol. The van der Waals surface area contributed by atoms with Gasteiger partial charge in [0.05, 0.1) is 6.04 Å². The number of rotatable bonds is 9. The minimum atomic E-state index is -0.111. The fourth-order valence-electron chi connectivity index (χ4n) is 2.70. The Morgan fingerprint density at radius 2 is 1.94 bits per heavy atom. The summed E-state index contributed by atoms with van der Waals surface area (Å²) >= 11 is 0. The van der Waals surface area contributed by atoms with Crippen molar-refractivity contribution in [3.05, 3.63) is 0 Å². The molecule has 2 unspecified atom stereocenters. The van der Waals surface area contributed by atoms with Crippen LogP contribution in [0.2, 0.25) is 0 Å². The van der Waals surface area contributed by atoms with Crippen LogP contribution in [0.1, 0.15) is 65.7 Å². The van der Waals surface area contributed by atoms with Gasteiger partial charge in [-0.2, -0.15) is 0 Å². The van der Waals surface area contributed by atoms with Crippen LogP contribution in [0.3, 0.4) is 0 Å². The first-order chi connectivity index (χ1) is 8.70. The van der Waals surface area contributed by atoms with E-state index < -0.39 is 0 Å². The second-order valence-corrected chi connectivity index (χ2v) is 5.52. The maximum Gasteiger partial charge on any atom is 0.410 e. The second kappa shape index (κ2) is 8.39. The Morgan fingerprint density at radius 1 is 1.22 bits per heavy atom. The smallest absolute Gasteiger partial charge is 0.410 e. The van der Waals surface area contributed by atoms with Crippen LogP contribution < -0.4 is 0 Å². The number of ether oxygens (including phenoxy) is 1. The third kappa shape index (κ3) is 4.51. The van der Waals surface area contributed by atoms with Crippen LogP contribution in [0.4, 0.5) is 4.79 Å². The monoisotopic (exact) mass is 255 g/mol. The first-order valence-electron chi connectivity index (χ1n) is 7.64. The van der Waals surface area contributed by atoms with Gasteiger partial charge in [-0.1, -0.05) is 52.9 Å². The highest BCUT2D eigenvalue weighted by atomic mass is 16.6. The van der Waals surface area contributed by atoms with E-state index >= 15 is 0 Å². The molecule has 1 aliphatic heterocycles. The first-order valence-corrected chi connectivity index (χ1v) is 7.64. The molecule has 0 bridgehead atoms. The van der Waals surface area contributed by atoms with Gasteiger partial charge in [-0.15, -0.1) is 0 Å². The Morgan fingerprint density at radius 3 is 2.61 bits per heavy atom. The van der Waals surface area contributed by atoms with Crippen molar-refractivity contribution in [1.82, 2.24) is 4.90 Å². The fourth-order valence-corrected chi connectivity index (χ4v) is 2.70. The van der Waals surface area contributed by atoms with Gasteiger partial charge in [-0.05, 0) is 18.8 Å². The van der Waals surface area contributed by atoms with Crippen molar-refractivity contribution in [2.75, 3.05) is 13.2 Å². The third-order valence-electron chi connectivity index (χ3n) is 3.90. The van der Waals surface area contributed by atoms with Crippen molar-refractivity contribution >= 4 is 6.09 Å². The van der Waals surface area contributed by atoms with Gasteiger partial charge in [0.15, 0.2) is 0 Å². The summed E-state index contributed by atoms with van der Waals surface area (Å²) in [7, 11) is 0. The number of carbonyl (C=O) groups excluding carboxylic acids is 1. The second-order valence-electron chi connectivity index (χ2n) is 5.52. The first kappa shape index (κ1) is 15.3. The van der Waals surface area contributed by atoms with Crippen molar-refractivity contribution in [1.29, 1.82) is 0 Å². The lowest BCUT2D eigenvalue weighted by Crippen LogP contribution is -2.38. The van der Waals surface area contributed by atoms with Crippen molar-refractivity contribution in [3.8, 4) is 0 Å². The molecule has 0 aromatic heterocycles. The van der Waals surface area contributed by atoms with E-state index in [1.165, 1.54) is 38.5 Å². The molecule has 3 nitrogen and oxygen atoms in total. The molecule has 0 N–H and O–H groups in total. The Labute approximate surface area is 112 Å². The molecule has 2 atom stereocenters. The highest BCUT2D eigenvalue weighted by molar-refractivity contribution is 5.70. The SMILES string of the molecule is CCCCCCCC(C)C1COC(=O)N1CCC. The zero-order valence-electron chi connectivity index (χ0n) is 12.3. The van der Waals surface area contributed by atoms with Crippen LogP contribution in [0.25, 0.3) is 0 Å². The molecular formula is C15H29NO2. The van der Waals surface area contributed by atoms with Gasteiger partial charge in [0.2, 0.25) is 0 Å². The predicted molar refractivity (Wildman–Crippen MR) is 74.7 cm³/mol. The number of cyclic esters (lactones) is 1. The minimum Gasteiger partial charge on any atom is -0.447 e. The van der Waals surface area contributed by atoms with Gasteiger partial charge in [-0.25, -0.2) is 4.79 Å². The quantitative estimate of drug-likeness (QED) is 0.577.